The molecule has 2 aliphatic rings. The highest BCUT2D eigenvalue weighted by atomic mass is 16.5. The zero-order chi connectivity index (χ0) is 11.5. The fourth-order valence-corrected chi connectivity index (χ4v) is 2.20. The van der Waals surface area contributed by atoms with E-state index in [1.807, 2.05) is 18.7 Å². The summed E-state index contributed by atoms with van der Waals surface area (Å²) in [6.45, 7) is 6.99. The van der Waals surface area contributed by atoms with Crippen molar-refractivity contribution in [2.75, 3.05) is 26.2 Å². The molecule has 0 aromatic rings. The van der Waals surface area contributed by atoms with Gasteiger partial charge in [-0.05, 0) is 39.2 Å². The highest BCUT2D eigenvalue weighted by molar-refractivity contribution is 5.78. The van der Waals surface area contributed by atoms with E-state index in [4.69, 9.17) is 4.74 Å². The smallest absolute Gasteiger partial charge is 0.236 e. The average molecular weight is 226 g/mol. The summed E-state index contributed by atoms with van der Waals surface area (Å²) in [5, 5.41) is 3.24. The van der Waals surface area contributed by atoms with Crippen LogP contribution in [0.25, 0.3) is 0 Å². The number of ether oxygens (including phenoxy) is 1. The first kappa shape index (κ1) is 11.9. The number of morpholine rings is 1. The van der Waals surface area contributed by atoms with Crippen LogP contribution in [0.3, 0.4) is 0 Å². The molecule has 1 aliphatic heterocycles. The molecule has 0 unspecified atom stereocenters. The van der Waals surface area contributed by atoms with Crippen LogP contribution in [0.15, 0.2) is 0 Å². The van der Waals surface area contributed by atoms with Crippen LogP contribution in [-0.4, -0.2) is 49.2 Å². The molecule has 2 atom stereocenters. The van der Waals surface area contributed by atoms with E-state index in [0.29, 0.717) is 6.54 Å². The Labute approximate surface area is 97.3 Å². The molecule has 4 nitrogen and oxygen atoms in total. The standard InChI is InChI=1S/C12H22N2O2/c1-9-7-14(8-10(2)16-9)12(15)6-13-5-11-3-4-11/h9-11,13H,3-8H2,1-2H3/t9-,10+. The maximum atomic E-state index is 11.9. The highest BCUT2D eigenvalue weighted by Gasteiger charge is 2.26. The first-order valence-electron chi connectivity index (χ1n) is 6.29. The van der Waals surface area contributed by atoms with Gasteiger partial charge in [-0.25, -0.2) is 0 Å². The van der Waals surface area contributed by atoms with Gasteiger partial charge in [0.2, 0.25) is 5.91 Å². The fourth-order valence-electron chi connectivity index (χ4n) is 2.20. The van der Waals surface area contributed by atoms with E-state index in [-0.39, 0.29) is 18.1 Å². The van der Waals surface area contributed by atoms with Gasteiger partial charge in [-0.3, -0.25) is 4.79 Å². The summed E-state index contributed by atoms with van der Waals surface area (Å²) in [7, 11) is 0. The third-order valence-electron chi connectivity index (χ3n) is 3.18. The molecule has 4 heteroatoms. The number of hydrogen-bond donors (Lipinski definition) is 1. The first-order valence-corrected chi connectivity index (χ1v) is 6.29. The predicted octanol–water partition coefficient (Wildman–Crippen LogP) is 0.622. The van der Waals surface area contributed by atoms with Gasteiger partial charge in [-0.15, -0.1) is 0 Å². The van der Waals surface area contributed by atoms with Crippen molar-refractivity contribution in [2.24, 2.45) is 5.92 Å². The van der Waals surface area contributed by atoms with Crippen LogP contribution in [0.1, 0.15) is 26.7 Å². The number of nitrogens with one attached hydrogen (secondary N) is 1. The van der Waals surface area contributed by atoms with Gasteiger partial charge in [-0.1, -0.05) is 0 Å². The van der Waals surface area contributed by atoms with E-state index in [1.165, 1.54) is 12.8 Å². The summed E-state index contributed by atoms with van der Waals surface area (Å²) in [4.78, 5) is 13.8. The van der Waals surface area contributed by atoms with Crippen molar-refractivity contribution in [3.63, 3.8) is 0 Å². The Morgan fingerprint density at radius 1 is 1.31 bits per heavy atom. The maximum absolute atomic E-state index is 11.9. The summed E-state index contributed by atoms with van der Waals surface area (Å²) in [5.41, 5.74) is 0. The number of amides is 1. The largest absolute Gasteiger partial charge is 0.372 e. The van der Waals surface area contributed by atoms with E-state index in [0.717, 1.165) is 25.6 Å². The number of carbonyl (C=O) groups is 1. The molecule has 1 aliphatic carbocycles. The van der Waals surface area contributed by atoms with E-state index in [9.17, 15) is 4.79 Å². The molecular weight excluding hydrogens is 204 g/mol. The quantitative estimate of drug-likeness (QED) is 0.764. The van der Waals surface area contributed by atoms with Crippen molar-refractivity contribution in [3.8, 4) is 0 Å². The summed E-state index contributed by atoms with van der Waals surface area (Å²) in [5.74, 6) is 1.04. The second-order valence-corrected chi connectivity index (χ2v) is 5.13. The van der Waals surface area contributed by atoms with Crippen molar-refractivity contribution < 1.29 is 9.53 Å². The molecule has 0 spiro atoms. The average Bonchev–Trinajstić information content (AvgIpc) is 3.00. The third-order valence-corrected chi connectivity index (χ3v) is 3.18. The molecule has 92 valence electrons. The predicted molar refractivity (Wildman–Crippen MR) is 62.2 cm³/mol. The van der Waals surface area contributed by atoms with Crippen LogP contribution >= 0.6 is 0 Å². The Morgan fingerprint density at radius 2 is 1.94 bits per heavy atom. The Hall–Kier alpha value is -0.610. The lowest BCUT2D eigenvalue weighted by Crippen LogP contribution is -2.50. The first-order chi connectivity index (χ1) is 7.65. The Bertz CT molecular complexity index is 243. The topological polar surface area (TPSA) is 41.6 Å². The second kappa shape index (κ2) is 5.15. The van der Waals surface area contributed by atoms with Gasteiger partial charge < -0.3 is 15.0 Å². The lowest BCUT2D eigenvalue weighted by molar-refractivity contribution is -0.142. The molecule has 1 heterocycles. The summed E-state index contributed by atoms with van der Waals surface area (Å²) in [6.07, 6.45) is 2.98. The molecule has 0 aromatic carbocycles. The molecule has 0 aromatic heterocycles. The van der Waals surface area contributed by atoms with Crippen molar-refractivity contribution in [1.82, 2.24) is 10.2 Å². The van der Waals surface area contributed by atoms with Crippen molar-refractivity contribution in [1.29, 1.82) is 0 Å². The van der Waals surface area contributed by atoms with Gasteiger partial charge in [0.1, 0.15) is 0 Å². The molecule has 16 heavy (non-hydrogen) atoms. The minimum atomic E-state index is 0.163. The summed E-state index contributed by atoms with van der Waals surface area (Å²) in [6, 6.07) is 0. The molecule has 0 radical (unpaired) electrons. The fraction of sp³-hybridized carbons (Fsp3) is 0.917. The van der Waals surface area contributed by atoms with Crippen LogP contribution in [-0.2, 0) is 9.53 Å². The molecular formula is C12H22N2O2. The van der Waals surface area contributed by atoms with Gasteiger partial charge >= 0.3 is 0 Å². The van der Waals surface area contributed by atoms with E-state index in [2.05, 4.69) is 5.32 Å². The SMILES string of the molecule is C[C@@H]1CN(C(=O)CNCC2CC2)C[C@H](C)O1. The molecule has 1 saturated heterocycles. The number of nitrogens with zero attached hydrogens (tertiary/aromatic N) is 1. The van der Waals surface area contributed by atoms with E-state index < -0.39 is 0 Å². The van der Waals surface area contributed by atoms with Crippen molar-refractivity contribution >= 4 is 5.91 Å². The van der Waals surface area contributed by atoms with Gasteiger partial charge in [0, 0.05) is 13.1 Å². The molecule has 1 saturated carbocycles. The van der Waals surface area contributed by atoms with Gasteiger partial charge in [0.25, 0.3) is 0 Å². The normalized spacial score (nSPS) is 30.5. The molecule has 2 rings (SSSR count). The van der Waals surface area contributed by atoms with Crippen molar-refractivity contribution in [2.45, 2.75) is 38.9 Å². The molecule has 1 N–H and O–H groups in total. The lowest BCUT2D eigenvalue weighted by Gasteiger charge is -2.35. The number of carbonyl (C=O) groups excluding carboxylic acids is 1. The number of hydrogen-bond acceptors (Lipinski definition) is 3. The van der Waals surface area contributed by atoms with Gasteiger partial charge in [-0.2, -0.15) is 0 Å². The monoisotopic (exact) mass is 226 g/mol. The van der Waals surface area contributed by atoms with Crippen LogP contribution in [0.2, 0.25) is 0 Å². The van der Waals surface area contributed by atoms with Crippen LogP contribution in [0.5, 0.6) is 0 Å². The summed E-state index contributed by atoms with van der Waals surface area (Å²) >= 11 is 0. The minimum absolute atomic E-state index is 0.163. The third kappa shape index (κ3) is 3.46. The Kier molecular flexibility index (Phi) is 3.82. The number of rotatable bonds is 4. The van der Waals surface area contributed by atoms with Crippen LogP contribution in [0, 0.1) is 5.92 Å². The van der Waals surface area contributed by atoms with Gasteiger partial charge in [0.15, 0.2) is 0 Å². The van der Waals surface area contributed by atoms with Crippen LogP contribution in [0.4, 0.5) is 0 Å². The lowest BCUT2D eigenvalue weighted by atomic mass is 10.2. The minimum Gasteiger partial charge on any atom is -0.372 e. The molecule has 0 bridgehead atoms. The molecule has 2 fully saturated rings. The van der Waals surface area contributed by atoms with Crippen molar-refractivity contribution in [3.05, 3.63) is 0 Å². The Balaban J connectivity index is 1.69. The zero-order valence-electron chi connectivity index (χ0n) is 10.2. The van der Waals surface area contributed by atoms with E-state index >= 15 is 0 Å². The van der Waals surface area contributed by atoms with Gasteiger partial charge in [0.05, 0.1) is 18.8 Å². The Morgan fingerprint density at radius 3 is 2.50 bits per heavy atom. The molecule has 1 amide bonds. The van der Waals surface area contributed by atoms with E-state index in [1.54, 1.807) is 0 Å². The highest BCUT2D eigenvalue weighted by Crippen LogP contribution is 2.27. The summed E-state index contributed by atoms with van der Waals surface area (Å²) < 4.78 is 5.60. The maximum Gasteiger partial charge on any atom is 0.236 e. The zero-order valence-corrected chi connectivity index (χ0v) is 10.2. The second-order valence-electron chi connectivity index (χ2n) is 5.13. The van der Waals surface area contributed by atoms with Crippen LogP contribution < -0.4 is 5.32 Å².